The molecule has 0 aromatic heterocycles. The van der Waals surface area contributed by atoms with E-state index in [1.165, 1.54) is 77.0 Å². The maximum atomic E-state index is 14.9. The quantitative estimate of drug-likeness (QED) is 0.530. The summed E-state index contributed by atoms with van der Waals surface area (Å²) in [4.78, 5) is 0. The second-order valence-electron chi connectivity index (χ2n) is 8.70. The highest BCUT2D eigenvalue weighted by Gasteiger charge is 2.53. The second kappa shape index (κ2) is 6.20. The molecule has 4 saturated carbocycles. The van der Waals surface area contributed by atoms with Gasteiger partial charge in [0.05, 0.1) is 0 Å². The van der Waals surface area contributed by atoms with E-state index >= 15 is 0 Å². The fourth-order valence-corrected chi connectivity index (χ4v) is 6.31. The first-order chi connectivity index (χ1) is 10.1. The predicted octanol–water partition coefficient (Wildman–Crippen LogP) is 6.68. The van der Waals surface area contributed by atoms with E-state index in [9.17, 15) is 4.39 Å². The number of fused-ring (bicyclic) bond motifs is 3. The molecule has 0 aliphatic heterocycles. The minimum atomic E-state index is -0.493. The lowest BCUT2D eigenvalue weighted by atomic mass is 9.47. The topological polar surface area (TPSA) is 0 Å². The van der Waals surface area contributed by atoms with Gasteiger partial charge in [-0.2, -0.15) is 0 Å². The summed E-state index contributed by atoms with van der Waals surface area (Å²) in [5, 5.41) is 0. The number of alkyl halides is 1. The van der Waals surface area contributed by atoms with Gasteiger partial charge < -0.3 is 0 Å². The Morgan fingerprint density at radius 1 is 0.905 bits per heavy atom. The summed E-state index contributed by atoms with van der Waals surface area (Å²) in [7, 11) is 0. The van der Waals surface area contributed by atoms with Crippen LogP contribution in [-0.2, 0) is 0 Å². The highest BCUT2D eigenvalue weighted by atomic mass is 19.1. The van der Waals surface area contributed by atoms with E-state index < -0.39 is 6.17 Å². The zero-order valence-corrected chi connectivity index (χ0v) is 14.3. The van der Waals surface area contributed by atoms with E-state index in [-0.39, 0.29) is 0 Å². The monoisotopic (exact) mass is 294 g/mol. The molecule has 0 heterocycles. The van der Waals surface area contributed by atoms with Gasteiger partial charge in [-0.3, -0.25) is 0 Å². The summed E-state index contributed by atoms with van der Waals surface area (Å²) in [5.74, 6) is 1.09. The molecule has 0 nitrogen and oxygen atoms in total. The van der Waals surface area contributed by atoms with Crippen molar-refractivity contribution in [2.45, 2.75) is 103 Å². The van der Waals surface area contributed by atoms with Gasteiger partial charge in [-0.15, -0.1) is 0 Å². The minimum absolute atomic E-state index is 0.408. The largest absolute Gasteiger partial charge is 0.247 e. The molecule has 0 amide bonds. The fraction of sp³-hybridized carbons (Fsp3) is 1.00. The van der Waals surface area contributed by atoms with E-state index in [4.69, 9.17) is 0 Å². The lowest BCUT2D eigenvalue weighted by Crippen LogP contribution is -2.49. The van der Waals surface area contributed by atoms with Gasteiger partial charge in [0.1, 0.15) is 6.17 Å². The predicted molar refractivity (Wildman–Crippen MR) is 88.1 cm³/mol. The van der Waals surface area contributed by atoms with Crippen LogP contribution in [0.3, 0.4) is 0 Å². The summed E-state index contributed by atoms with van der Waals surface area (Å²) in [5.41, 5.74) is 1.08. The molecule has 0 spiro atoms. The van der Waals surface area contributed by atoms with Gasteiger partial charge in [0.15, 0.2) is 0 Å². The average molecular weight is 294 g/mol. The van der Waals surface area contributed by atoms with Crippen LogP contribution < -0.4 is 0 Å². The maximum Gasteiger partial charge on any atom is 0.104 e. The number of rotatable bonds is 5. The zero-order valence-electron chi connectivity index (χ0n) is 14.3. The molecule has 4 aliphatic carbocycles. The Morgan fingerprint density at radius 3 is 2.10 bits per heavy atom. The molecule has 3 atom stereocenters. The Morgan fingerprint density at radius 2 is 1.57 bits per heavy atom. The summed E-state index contributed by atoms with van der Waals surface area (Å²) in [6.07, 6.45) is 16.4. The van der Waals surface area contributed by atoms with Gasteiger partial charge in [-0.05, 0) is 86.9 Å². The van der Waals surface area contributed by atoms with Gasteiger partial charge in [-0.1, -0.05) is 33.1 Å². The van der Waals surface area contributed by atoms with Gasteiger partial charge in [-0.25, -0.2) is 4.39 Å². The van der Waals surface area contributed by atoms with Crippen LogP contribution in [0.25, 0.3) is 0 Å². The molecule has 4 fully saturated rings. The standard InChI is InChI=1S/C20H35F/c1-3-5-16-6-7-17(18(21)15-16)20-12-9-19(8-4-2,10-13-20)11-14-20/h16-18H,3-15H2,1-2H3/t16-,17?,18+,19?,20?/m0/s1. The Labute approximate surface area is 131 Å². The smallest absolute Gasteiger partial charge is 0.104 e. The minimum Gasteiger partial charge on any atom is -0.247 e. The summed E-state index contributed by atoms with van der Waals surface area (Å²) >= 11 is 0. The molecule has 0 saturated heterocycles. The van der Waals surface area contributed by atoms with E-state index in [1.807, 2.05) is 0 Å². The lowest BCUT2D eigenvalue weighted by molar-refractivity contribution is -0.0894. The van der Waals surface area contributed by atoms with Crippen LogP contribution in [0.2, 0.25) is 0 Å². The zero-order chi connectivity index (χ0) is 14.9. The maximum absolute atomic E-state index is 14.9. The van der Waals surface area contributed by atoms with Gasteiger partial charge in [0, 0.05) is 0 Å². The van der Waals surface area contributed by atoms with Crippen LogP contribution in [0.4, 0.5) is 4.39 Å². The van der Waals surface area contributed by atoms with Crippen LogP contribution >= 0.6 is 0 Å². The van der Waals surface area contributed by atoms with Crippen LogP contribution in [0.1, 0.15) is 97.3 Å². The van der Waals surface area contributed by atoms with Gasteiger partial charge in [0.25, 0.3) is 0 Å². The van der Waals surface area contributed by atoms with Crippen molar-refractivity contribution in [3.63, 3.8) is 0 Å². The highest BCUT2D eigenvalue weighted by Crippen LogP contribution is 2.63. The molecule has 4 rings (SSSR count). The molecule has 0 radical (unpaired) electrons. The molecule has 0 aromatic rings. The molecule has 1 unspecified atom stereocenters. The van der Waals surface area contributed by atoms with Crippen molar-refractivity contribution in [2.24, 2.45) is 22.7 Å². The van der Waals surface area contributed by atoms with Crippen molar-refractivity contribution in [3.05, 3.63) is 0 Å². The van der Waals surface area contributed by atoms with Crippen LogP contribution in [0.5, 0.6) is 0 Å². The van der Waals surface area contributed by atoms with Gasteiger partial charge in [0.2, 0.25) is 0 Å². The van der Waals surface area contributed by atoms with Crippen molar-refractivity contribution < 1.29 is 4.39 Å². The second-order valence-corrected chi connectivity index (χ2v) is 8.70. The Kier molecular flexibility index (Phi) is 4.67. The van der Waals surface area contributed by atoms with E-state index in [0.717, 1.165) is 6.42 Å². The van der Waals surface area contributed by atoms with E-state index in [0.29, 0.717) is 22.7 Å². The molecule has 4 aliphatic rings. The lowest BCUT2D eigenvalue weighted by Gasteiger charge is -2.58. The normalized spacial score (nSPS) is 46.7. The molecule has 0 aromatic carbocycles. The molecule has 122 valence electrons. The van der Waals surface area contributed by atoms with Crippen LogP contribution in [-0.4, -0.2) is 6.17 Å². The molecular weight excluding hydrogens is 259 g/mol. The van der Waals surface area contributed by atoms with Crippen molar-refractivity contribution in [1.82, 2.24) is 0 Å². The summed E-state index contributed by atoms with van der Waals surface area (Å²) in [6, 6.07) is 0. The highest BCUT2D eigenvalue weighted by molar-refractivity contribution is 5.04. The van der Waals surface area contributed by atoms with Crippen molar-refractivity contribution >= 4 is 0 Å². The van der Waals surface area contributed by atoms with Gasteiger partial charge >= 0.3 is 0 Å². The molecular formula is C20H35F. The first kappa shape index (κ1) is 15.8. The third-order valence-corrected chi connectivity index (χ3v) is 7.60. The summed E-state index contributed by atoms with van der Waals surface area (Å²) < 4.78 is 14.9. The third-order valence-electron chi connectivity index (χ3n) is 7.60. The summed E-state index contributed by atoms with van der Waals surface area (Å²) in [6.45, 7) is 4.57. The Balaban J connectivity index is 1.63. The first-order valence-corrected chi connectivity index (χ1v) is 9.77. The van der Waals surface area contributed by atoms with Crippen LogP contribution in [0, 0.1) is 22.7 Å². The van der Waals surface area contributed by atoms with Crippen LogP contribution in [0.15, 0.2) is 0 Å². The SMILES string of the molecule is CCC[C@H]1CCC(C23CCC(CCC)(CC2)CC3)[C@H](F)C1. The van der Waals surface area contributed by atoms with E-state index in [1.54, 1.807) is 0 Å². The Bertz CT molecular complexity index is 323. The number of hydrogen-bond donors (Lipinski definition) is 0. The number of hydrogen-bond acceptors (Lipinski definition) is 0. The Hall–Kier alpha value is -0.0700. The fourth-order valence-electron chi connectivity index (χ4n) is 6.31. The third kappa shape index (κ3) is 2.91. The van der Waals surface area contributed by atoms with Crippen molar-refractivity contribution in [1.29, 1.82) is 0 Å². The average Bonchev–Trinajstić information content (AvgIpc) is 2.50. The molecule has 1 heteroatoms. The van der Waals surface area contributed by atoms with Crippen molar-refractivity contribution in [2.75, 3.05) is 0 Å². The molecule has 0 N–H and O–H groups in total. The first-order valence-electron chi connectivity index (χ1n) is 9.77. The molecule has 2 bridgehead atoms. The van der Waals surface area contributed by atoms with Crippen molar-refractivity contribution in [3.8, 4) is 0 Å². The van der Waals surface area contributed by atoms with E-state index in [2.05, 4.69) is 13.8 Å². The number of halogens is 1. The molecule has 21 heavy (non-hydrogen) atoms.